The molecule has 2 rings (SSSR count). The second kappa shape index (κ2) is 7.32. The number of halogens is 1. The predicted octanol–water partition coefficient (Wildman–Crippen LogP) is 4.29. The SMILES string of the molecule is Cc1ccccc1C(C)NC(=O)C(C)Oc1cccc(Cl)c1. The van der Waals surface area contributed by atoms with E-state index in [1.165, 1.54) is 0 Å². The van der Waals surface area contributed by atoms with Crippen LogP contribution in [0.2, 0.25) is 5.02 Å². The molecule has 1 amide bonds. The molecule has 0 aliphatic rings. The molecule has 2 atom stereocenters. The summed E-state index contributed by atoms with van der Waals surface area (Å²) in [7, 11) is 0. The van der Waals surface area contributed by atoms with Crippen LogP contribution in [0.15, 0.2) is 48.5 Å². The number of amides is 1. The number of rotatable bonds is 5. The third-order valence-corrected chi connectivity index (χ3v) is 3.73. The Morgan fingerprint density at radius 3 is 2.55 bits per heavy atom. The zero-order chi connectivity index (χ0) is 16.1. The molecule has 22 heavy (non-hydrogen) atoms. The van der Waals surface area contributed by atoms with Gasteiger partial charge in [-0.1, -0.05) is 41.9 Å². The molecule has 0 fully saturated rings. The summed E-state index contributed by atoms with van der Waals surface area (Å²) in [5.41, 5.74) is 2.25. The van der Waals surface area contributed by atoms with Gasteiger partial charge in [-0.05, 0) is 50.1 Å². The zero-order valence-corrected chi connectivity index (χ0v) is 13.7. The van der Waals surface area contributed by atoms with Gasteiger partial charge in [-0.15, -0.1) is 0 Å². The quantitative estimate of drug-likeness (QED) is 0.893. The first-order valence-corrected chi connectivity index (χ1v) is 7.63. The molecule has 0 aliphatic heterocycles. The van der Waals surface area contributed by atoms with Crippen molar-refractivity contribution in [3.63, 3.8) is 0 Å². The first kappa shape index (κ1) is 16.4. The van der Waals surface area contributed by atoms with Crippen molar-refractivity contribution < 1.29 is 9.53 Å². The highest BCUT2D eigenvalue weighted by atomic mass is 35.5. The van der Waals surface area contributed by atoms with E-state index in [-0.39, 0.29) is 11.9 Å². The van der Waals surface area contributed by atoms with Crippen LogP contribution >= 0.6 is 11.6 Å². The van der Waals surface area contributed by atoms with Crippen molar-refractivity contribution in [3.8, 4) is 5.75 Å². The van der Waals surface area contributed by atoms with Crippen LogP contribution in [-0.2, 0) is 4.79 Å². The summed E-state index contributed by atoms with van der Waals surface area (Å²) in [6.07, 6.45) is -0.593. The van der Waals surface area contributed by atoms with Crippen LogP contribution in [0.3, 0.4) is 0 Å². The third-order valence-electron chi connectivity index (χ3n) is 3.49. The number of carbonyl (C=O) groups excluding carboxylic acids is 1. The Balaban J connectivity index is 1.98. The maximum atomic E-state index is 12.3. The van der Waals surface area contributed by atoms with Gasteiger partial charge in [-0.25, -0.2) is 0 Å². The van der Waals surface area contributed by atoms with Gasteiger partial charge in [0.05, 0.1) is 6.04 Å². The lowest BCUT2D eigenvalue weighted by Gasteiger charge is -2.20. The van der Waals surface area contributed by atoms with Crippen molar-refractivity contribution in [2.24, 2.45) is 0 Å². The summed E-state index contributed by atoms with van der Waals surface area (Å²) in [5.74, 6) is 0.425. The van der Waals surface area contributed by atoms with Gasteiger partial charge in [0, 0.05) is 5.02 Å². The molecule has 0 aromatic heterocycles. The number of ether oxygens (including phenoxy) is 1. The van der Waals surface area contributed by atoms with Gasteiger partial charge >= 0.3 is 0 Å². The van der Waals surface area contributed by atoms with Crippen LogP contribution in [0.4, 0.5) is 0 Å². The Morgan fingerprint density at radius 2 is 1.86 bits per heavy atom. The number of nitrogens with one attached hydrogen (secondary N) is 1. The van der Waals surface area contributed by atoms with Gasteiger partial charge < -0.3 is 10.1 Å². The molecule has 116 valence electrons. The number of benzene rings is 2. The molecule has 2 aromatic rings. The highest BCUT2D eigenvalue weighted by Crippen LogP contribution is 2.20. The van der Waals surface area contributed by atoms with Crippen LogP contribution in [0.25, 0.3) is 0 Å². The highest BCUT2D eigenvalue weighted by molar-refractivity contribution is 6.30. The van der Waals surface area contributed by atoms with E-state index in [9.17, 15) is 4.79 Å². The molecule has 0 radical (unpaired) electrons. The van der Waals surface area contributed by atoms with Crippen molar-refractivity contribution in [2.45, 2.75) is 32.9 Å². The minimum atomic E-state index is -0.593. The van der Waals surface area contributed by atoms with Crippen LogP contribution in [0.1, 0.15) is 31.0 Å². The monoisotopic (exact) mass is 317 g/mol. The van der Waals surface area contributed by atoms with Crippen molar-refractivity contribution in [1.82, 2.24) is 5.32 Å². The standard InChI is InChI=1S/C18H20ClNO2/c1-12-7-4-5-10-17(12)13(2)20-18(21)14(3)22-16-9-6-8-15(19)11-16/h4-11,13-14H,1-3H3,(H,20,21). The Labute approximate surface area is 136 Å². The van der Waals surface area contributed by atoms with E-state index in [0.717, 1.165) is 11.1 Å². The fourth-order valence-electron chi connectivity index (χ4n) is 2.28. The Bertz CT molecular complexity index is 657. The summed E-state index contributed by atoms with van der Waals surface area (Å²) in [5, 5.41) is 3.56. The molecule has 0 saturated carbocycles. The van der Waals surface area contributed by atoms with Crippen LogP contribution in [0.5, 0.6) is 5.75 Å². The van der Waals surface area contributed by atoms with E-state index < -0.39 is 6.10 Å². The summed E-state index contributed by atoms with van der Waals surface area (Å²) in [4.78, 5) is 12.3. The van der Waals surface area contributed by atoms with E-state index >= 15 is 0 Å². The number of aryl methyl sites for hydroxylation is 1. The first-order chi connectivity index (χ1) is 10.5. The third kappa shape index (κ3) is 4.25. The van der Waals surface area contributed by atoms with Crippen LogP contribution in [0, 0.1) is 6.92 Å². The molecule has 0 bridgehead atoms. The molecular weight excluding hydrogens is 298 g/mol. The number of carbonyl (C=O) groups is 1. The summed E-state index contributed by atoms with van der Waals surface area (Å²) in [6, 6.07) is 15.0. The molecule has 0 spiro atoms. The fourth-order valence-corrected chi connectivity index (χ4v) is 2.46. The normalized spacial score (nSPS) is 13.3. The smallest absolute Gasteiger partial charge is 0.261 e. The molecular formula is C18H20ClNO2. The Morgan fingerprint density at radius 1 is 1.14 bits per heavy atom. The van der Waals surface area contributed by atoms with Crippen molar-refractivity contribution >= 4 is 17.5 Å². The maximum absolute atomic E-state index is 12.3. The summed E-state index contributed by atoms with van der Waals surface area (Å²) < 4.78 is 5.63. The number of hydrogen-bond donors (Lipinski definition) is 1. The fraction of sp³-hybridized carbons (Fsp3) is 0.278. The largest absolute Gasteiger partial charge is 0.481 e. The lowest BCUT2D eigenvalue weighted by Crippen LogP contribution is -2.37. The van der Waals surface area contributed by atoms with E-state index in [4.69, 9.17) is 16.3 Å². The molecule has 2 aromatic carbocycles. The van der Waals surface area contributed by atoms with Gasteiger partial charge in [-0.2, -0.15) is 0 Å². The first-order valence-electron chi connectivity index (χ1n) is 7.25. The molecule has 2 unspecified atom stereocenters. The van der Waals surface area contributed by atoms with Crippen LogP contribution in [-0.4, -0.2) is 12.0 Å². The second-order valence-corrected chi connectivity index (χ2v) is 5.74. The van der Waals surface area contributed by atoms with Gasteiger partial charge in [-0.3, -0.25) is 4.79 Å². The Kier molecular flexibility index (Phi) is 5.45. The van der Waals surface area contributed by atoms with Gasteiger partial charge in [0.2, 0.25) is 0 Å². The lowest BCUT2D eigenvalue weighted by molar-refractivity contribution is -0.127. The molecule has 0 aliphatic carbocycles. The van der Waals surface area contributed by atoms with Gasteiger partial charge in [0.25, 0.3) is 5.91 Å². The zero-order valence-electron chi connectivity index (χ0n) is 13.0. The van der Waals surface area contributed by atoms with Crippen molar-refractivity contribution in [3.05, 3.63) is 64.7 Å². The molecule has 0 saturated heterocycles. The topological polar surface area (TPSA) is 38.3 Å². The van der Waals surface area contributed by atoms with E-state index in [1.54, 1.807) is 31.2 Å². The second-order valence-electron chi connectivity index (χ2n) is 5.30. The minimum Gasteiger partial charge on any atom is -0.481 e. The highest BCUT2D eigenvalue weighted by Gasteiger charge is 2.18. The molecule has 3 nitrogen and oxygen atoms in total. The average Bonchev–Trinajstić information content (AvgIpc) is 2.47. The predicted molar refractivity (Wildman–Crippen MR) is 89.3 cm³/mol. The number of hydrogen-bond acceptors (Lipinski definition) is 2. The van der Waals surface area contributed by atoms with Gasteiger partial charge in [0.1, 0.15) is 5.75 Å². The molecule has 0 heterocycles. The molecule has 1 N–H and O–H groups in total. The molecule has 4 heteroatoms. The maximum Gasteiger partial charge on any atom is 0.261 e. The van der Waals surface area contributed by atoms with Crippen molar-refractivity contribution in [1.29, 1.82) is 0 Å². The summed E-state index contributed by atoms with van der Waals surface area (Å²) >= 11 is 5.91. The minimum absolute atomic E-state index is 0.0703. The summed E-state index contributed by atoms with van der Waals surface area (Å²) in [6.45, 7) is 5.72. The van der Waals surface area contributed by atoms with E-state index in [0.29, 0.717) is 10.8 Å². The van der Waals surface area contributed by atoms with E-state index in [2.05, 4.69) is 5.32 Å². The van der Waals surface area contributed by atoms with E-state index in [1.807, 2.05) is 38.1 Å². The average molecular weight is 318 g/mol. The van der Waals surface area contributed by atoms with Crippen LogP contribution < -0.4 is 10.1 Å². The van der Waals surface area contributed by atoms with Gasteiger partial charge in [0.15, 0.2) is 6.10 Å². The van der Waals surface area contributed by atoms with Crippen molar-refractivity contribution in [2.75, 3.05) is 0 Å². The lowest BCUT2D eigenvalue weighted by atomic mass is 10.0. The Hall–Kier alpha value is -2.00.